The molecular formula is C4H2Br3NO3S. The summed E-state index contributed by atoms with van der Waals surface area (Å²) in [5.74, 6) is 0. The van der Waals surface area contributed by atoms with Crippen molar-refractivity contribution in [3.8, 4) is 0 Å². The molecule has 0 aliphatic rings. The zero-order chi connectivity index (χ0) is 9.52. The van der Waals surface area contributed by atoms with E-state index in [1.807, 2.05) is 0 Å². The molecule has 0 atom stereocenters. The summed E-state index contributed by atoms with van der Waals surface area (Å²) >= 11 is 9.17. The summed E-state index contributed by atoms with van der Waals surface area (Å²) in [6.45, 7) is 0. The quantitative estimate of drug-likeness (QED) is 0.758. The Balaban J connectivity index is 3.48. The largest absolute Gasteiger partial charge is 0.364 e. The monoisotopic (exact) mass is 381 g/mol. The molecule has 0 saturated heterocycles. The SMILES string of the molecule is O=S(=O)(O)n1cc(Br)c(Br)c1Br. The fraction of sp³-hybridized carbons (Fsp3) is 0. The van der Waals surface area contributed by atoms with Crippen molar-refractivity contribution < 1.29 is 13.0 Å². The summed E-state index contributed by atoms with van der Waals surface area (Å²) in [6.07, 6.45) is 1.23. The van der Waals surface area contributed by atoms with Crippen LogP contribution in [0.3, 0.4) is 0 Å². The molecule has 0 fully saturated rings. The molecule has 1 heterocycles. The lowest BCUT2D eigenvalue weighted by Crippen LogP contribution is -2.09. The molecule has 0 aliphatic carbocycles. The first-order chi connectivity index (χ1) is 5.34. The van der Waals surface area contributed by atoms with Gasteiger partial charge in [-0.1, -0.05) is 0 Å². The predicted octanol–water partition coefficient (Wildman–Crippen LogP) is 2.43. The van der Waals surface area contributed by atoms with Crippen molar-refractivity contribution in [3.05, 3.63) is 19.7 Å². The number of hydrogen-bond acceptors (Lipinski definition) is 2. The fourth-order valence-corrected chi connectivity index (χ4v) is 3.18. The molecule has 8 heteroatoms. The zero-order valence-corrected chi connectivity index (χ0v) is 10.9. The fourth-order valence-electron chi connectivity index (χ4n) is 0.579. The first kappa shape index (κ1) is 10.7. The Labute approximate surface area is 94.2 Å². The van der Waals surface area contributed by atoms with Gasteiger partial charge in [-0.3, -0.25) is 4.55 Å². The van der Waals surface area contributed by atoms with E-state index in [1.54, 1.807) is 0 Å². The summed E-state index contributed by atoms with van der Waals surface area (Å²) < 4.78 is 32.0. The zero-order valence-electron chi connectivity index (χ0n) is 5.33. The highest BCUT2D eigenvalue weighted by atomic mass is 79.9. The van der Waals surface area contributed by atoms with Gasteiger partial charge in [0, 0.05) is 6.20 Å². The molecule has 0 amide bonds. The third kappa shape index (κ3) is 1.92. The molecule has 0 spiro atoms. The van der Waals surface area contributed by atoms with Crippen molar-refractivity contribution in [1.29, 1.82) is 0 Å². The molecule has 0 radical (unpaired) electrons. The molecule has 1 aromatic heterocycles. The normalized spacial score (nSPS) is 12.0. The standard InChI is InChI=1S/C4H2Br3NO3S/c5-2-1-8(12(9,10)11)4(7)3(2)6/h1H,(H,9,10,11). The molecule has 0 aromatic carbocycles. The molecule has 1 aromatic rings. The van der Waals surface area contributed by atoms with Gasteiger partial charge in [-0.25, -0.2) is 3.97 Å². The van der Waals surface area contributed by atoms with E-state index in [1.165, 1.54) is 6.20 Å². The Hall–Kier alpha value is 0.630. The van der Waals surface area contributed by atoms with Crippen molar-refractivity contribution in [3.63, 3.8) is 0 Å². The van der Waals surface area contributed by atoms with Crippen LogP contribution in [0.15, 0.2) is 19.7 Å². The molecule has 0 aliphatic heterocycles. The number of halogens is 3. The number of nitrogens with zero attached hydrogens (tertiary/aromatic N) is 1. The van der Waals surface area contributed by atoms with E-state index in [0.29, 0.717) is 12.9 Å². The summed E-state index contributed by atoms with van der Waals surface area (Å²) in [5.41, 5.74) is 0. The van der Waals surface area contributed by atoms with Gasteiger partial charge in [0.2, 0.25) is 0 Å². The van der Waals surface area contributed by atoms with Gasteiger partial charge in [0.25, 0.3) is 0 Å². The van der Waals surface area contributed by atoms with Crippen LogP contribution in [0.25, 0.3) is 0 Å². The minimum absolute atomic E-state index is 0.233. The lowest BCUT2D eigenvalue weighted by atomic mass is 10.7. The van der Waals surface area contributed by atoms with Gasteiger partial charge >= 0.3 is 10.3 Å². The average molecular weight is 384 g/mol. The van der Waals surface area contributed by atoms with Crippen LogP contribution in [0, 0.1) is 0 Å². The summed E-state index contributed by atoms with van der Waals surface area (Å²) in [7, 11) is -4.23. The topological polar surface area (TPSA) is 59.3 Å². The first-order valence-corrected chi connectivity index (χ1v) is 6.31. The van der Waals surface area contributed by atoms with Gasteiger partial charge in [-0.15, -0.1) is 0 Å². The van der Waals surface area contributed by atoms with Gasteiger partial charge in [0.1, 0.15) is 4.60 Å². The van der Waals surface area contributed by atoms with E-state index >= 15 is 0 Å². The summed E-state index contributed by atoms with van der Waals surface area (Å²) in [6, 6.07) is 0. The minimum Gasteiger partial charge on any atom is -0.269 e. The molecule has 1 N–H and O–H groups in total. The maximum absolute atomic E-state index is 10.7. The highest BCUT2D eigenvalue weighted by Crippen LogP contribution is 2.33. The van der Waals surface area contributed by atoms with Crippen LogP contribution in [-0.4, -0.2) is 16.9 Å². The van der Waals surface area contributed by atoms with Crippen LogP contribution in [0.5, 0.6) is 0 Å². The van der Waals surface area contributed by atoms with Crippen LogP contribution < -0.4 is 0 Å². The minimum atomic E-state index is -4.23. The summed E-state index contributed by atoms with van der Waals surface area (Å²) in [5, 5.41) is 0. The number of aromatic nitrogens is 1. The smallest absolute Gasteiger partial charge is 0.269 e. The molecule has 0 bridgehead atoms. The van der Waals surface area contributed by atoms with Crippen molar-refractivity contribution in [1.82, 2.24) is 3.97 Å². The van der Waals surface area contributed by atoms with Crippen LogP contribution in [-0.2, 0) is 10.3 Å². The van der Waals surface area contributed by atoms with E-state index in [4.69, 9.17) is 4.55 Å². The second-order valence-corrected chi connectivity index (χ2v) is 5.54. The number of hydrogen-bond donors (Lipinski definition) is 1. The first-order valence-electron chi connectivity index (χ1n) is 2.54. The van der Waals surface area contributed by atoms with Gasteiger partial charge in [-0.2, -0.15) is 8.42 Å². The molecule has 0 unspecified atom stereocenters. The van der Waals surface area contributed by atoms with Crippen molar-refractivity contribution >= 4 is 58.1 Å². The molecule has 1 rings (SSSR count). The van der Waals surface area contributed by atoms with Crippen molar-refractivity contribution in [2.24, 2.45) is 0 Å². The van der Waals surface area contributed by atoms with Crippen LogP contribution in [0.2, 0.25) is 0 Å². The third-order valence-corrected chi connectivity index (χ3v) is 5.33. The van der Waals surface area contributed by atoms with Crippen LogP contribution in [0.1, 0.15) is 0 Å². The second-order valence-electron chi connectivity index (χ2n) is 1.86. The number of rotatable bonds is 1. The van der Waals surface area contributed by atoms with Crippen LogP contribution in [0.4, 0.5) is 0 Å². The van der Waals surface area contributed by atoms with Gasteiger partial charge in [-0.05, 0) is 47.8 Å². The highest BCUT2D eigenvalue weighted by molar-refractivity contribution is 9.14. The second kappa shape index (κ2) is 3.41. The molecule has 68 valence electrons. The molecular weight excluding hydrogens is 382 g/mol. The Kier molecular flexibility index (Phi) is 3.04. The van der Waals surface area contributed by atoms with E-state index < -0.39 is 10.3 Å². The lowest BCUT2D eigenvalue weighted by molar-refractivity contribution is 0.471. The van der Waals surface area contributed by atoms with E-state index in [2.05, 4.69) is 47.8 Å². The maximum atomic E-state index is 10.7. The summed E-state index contributed by atoms with van der Waals surface area (Å²) in [4.78, 5) is 0. The van der Waals surface area contributed by atoms with Gasteiger partial charge < -0.3 is 0 Å². The molecule has 12 heavy (non-hydrogen) atoms. The van der Waals surface area contributed by atoms with Gasteiger partial charge in [0.05, 0.1) is 8.95 Å². The van der Waals surface area contributed by atoms with Crippen LogP contribution >= 0.6 is 47.8 Å². The Morgan fingerprint density at radius 2 is 1.83 bits per heavy atom. The maximum Gasteiger partial charge on any atom is 0.364 e. The average Bonchev–Trinajstić information content (AvgIpc) is 2.15. The van der Waals surface area contributed by atoms with E-state index in [9.17, 15) is 8.42 Å². The van der Waals surface area contributed by atoms with Crippen molar-refractivity contribution in [2.45, 2.75) is 0 Å². The lowest BCUT2D eigenvalue weighted by Gasteiger charge is -1.97. The van der Waals surface area contributed by atoms with Gasteiger partial charge in [0.15, 0.2) is 0 Å². The predicted molar refractivity (Wildman–Crippen MR) is 54.5 cm³/mol. The van der Waals surface area contributed by atoms with E-state index in [0.717, 1.165) is 0 Å². The van der Waals surface area contributed by atoms with E-state index in [-0.39, 0.29) is 4.60 Å². The Bertz CT molecular complexity index is 409. The molecule has 4 nitrogen and oxygen atoms in total. The Morgan fingerprint density at radius 3 is 2.00 bits per heavy atom. The Morgan fingerprint density at radius 1 is 1.33 bits per heavy atom. The molecule has 0 saturated carbocycles. The third-order valence-electron chi connectivity index (χ3n) is 1.06. The highest BCUT2D eigenvalue weighted by Gasteiger charge is 2.17. The van der Waals surface area contributed by atoms with Crippen molar-refractivity contribution in [2.75, 3.05) is 0 Å².